The van der Waals surface area contributed by atoms with E-state index in [0.717, 1.165) is 77.9 Å². The van der Waals surface area contributed by atoms with Gasteiger partial charge in [-0.3, -0.25) is 0 Å². The van der Waals surface area contributed by atoms with Gasteiger partial charge in [0, 0.05) is 33.0 Å². The van der Waals surface area contributed by atoms with Crippen LogP contribution in [0.2, 0.25) is 0 Å². The molecule has 0 radical (unpaired) electrons. The van der Waals surface area contributed by atoms with Gasteiger partial charge in [0.05, 0.1) is 44.8 Å². The van der Waals surface area contributed by atoms with Crippen LogP contribution >= 0.6 is 0 Å². The van der Waals surface area contributed by atoms with Crippen molar-refractivity contribution in [3.05, 3.63) is 146 Å². The molecule has 0 aliphatic carbocycles. The van der Waals surface area contributed by atoms with Gasteiger partial charge in [0.1, 0.15) is 0 Å². The fourth-order valence-electron chi connectivity index (χ4n) is 5.50. The van der Waals surface area contributed by atoms with Crippen LogP contribution in [0.3, 0.4) is 0 Å². The van der Waals surface area contributed by atoms with E-state index in [9.17, 15) is 0 Å². The van der Waals surface area contributed by atoms with E-state index in [0.29, 0.717) is 0 Å². The van der Waals surface area contributed by atoms with E-state index in [2.05, 4.69) is 84.9 Å². The highest BCUT2D eigenvalue weighted by Crippen LogP contribution is 2.33. The fraction of sp³-hybridized carbons (Fsp3) is 0. The van der Waals surface area contributed by atoms with Crippen molar-refractivity contribution in [2.24, 2.45) is 0 Å². The van der Waals surface area contributed by atoms with Crippen LogP contribution < -0.4 is 0 Å². The highest BCUT2D eigenvalue weighted by atomic mass is 14.8. The molecule has 0 amide bonds. The van der Waals surface area contributed by atoms with Crippen molar-refractivity contribution in [1.29, 1.82) is 0 Å². The van der Waals surface area contributed by atoms with Crippen molar-refractivity contribution >= 4 is 32.8 Å². The molecule has 0 N–H and O–H groups in total. The summed E-state index contributed by atoms with van der Waals surface area (Å²) in [6.45, 7) is 0. The number of pyridine rings is 2. The van der Waals surface area contributed by atoms with Gasteiger partial charge in [0.15, 0.2) is 0 Å². The first-order valence-corrected chi connectivity index (χ1v) is 14.0. The van der Waals surface area contributed by atoms with Crippen molar-refractivity contribution in [1.82, 2.24) is 19.9 Å². The Balaban J connectivity index is 1.23. The SMILES string of the molecule is c1ccc(-c2ccc3ccc4ccc(-c5ccc(-c6nc7ccccc7nc6-c6ccccc6)cc5)nc4c3n2)cc1. The van der Waals surface area contributed by atoms with Gasteiger partial charge in [-0.05, 0) is 24.3 Å². The largest absolute Gasteiger partial charge is 0.245 e. The lowest BCUT2D eigenvalue weighted by molar-refractivity contribution is 1.29. The van der Waals surface area contributed by atoms with Crippen LogP contribution in [0.4, 0.5) is 0 Å². The third kappa shape index (κ3) is 4.27. The van der Waals surface area contributed by atoms with E-state index in [1.807, 2.05) is 60.7 Å². The highest BCUT2D eigenvalue weighted by Gasteiger charge is 2.14. The lowest BCUT2D eigenvalue weighted by atomic mass is 10.0. The molecule has 0 aliphatic rings. The first-order chi connectivity index (χ1) is 20.8. The summed E-state index contributed by atoms with van der Waals surface area (Å²) in [5.41, 5.74) is 11.3. The Morgan fingerprint density at radius 2 is 0.667 bits per heavy atom. The summed E-state index contributed by atoms with van der Waals surface area (Å²) in [4.78, 5) is 20.2. The molecular weight excluding hydrogens is 512 g/mol. The maximum atomic E-state index is 5.13. The topological polar surface area (TPSA) is 51.6 Å². The maximum Gasteiger partial charge on any atom is 0.0973 e. The minimum atomic E-state index is 0.863. The molecule has 0 unspecified atom stereocenters. The van der Waals surface area contributed by atoms with E-state index in [1.165, 1.54) is 0 Å². The maximum absolute atomic E-state index is 5.13. The summed E-state index contributed by atoms with van der Waals surface area (Å²) in [6.07, 6.45) is 0. The number of nitrogens with zero attached hydrogens (tertiary/aromatic N) is 4. The number of fused-ring (bicyclic) bond motifs is 4. The number of rotatable bonds is 4. The van der Waals surface area contributed by atoms with Crippen LogP contribution in [0.15, 0.2) is 146 Å². The molecule has 0 saturated heterocycles. The van der Waals surface area contributed by atoms with Crippen molar-refractivity contribution in [3.63, 3.8) is 0 Å². The molecule has 3 heterocycles. The number of hydrogen-bond acceptors (Lipinski definition) is 4. The van der Waals surface area contributed by atoms with Crippen molar-refractivity contribution in [2.75, 3.05) is 0 Å². The second-order valence-electron chi connectivity index (χ2n) is 10.3. The second-order valence-corrected chi connectivity index (χ2v) is 10.3. The first-order valence-electron chi connectivity index (χ1n) is 14.0. The van der Waals surface area contributed by atoms with Crippen LogP contribution in [0, 0.1) is 0 Å². The van der Waals surface area contributed by atoms with Gasteiger partial charge in [-0.2, -0.15) is 0 Å². The lowest BCUT2D eigenvalue weighted by Gasteiger charge is -2.11. The summed E-state index contributed by atoms with van der Waals surface area (Å²) in [5.74, 6) is 0. The quantitative estimate of drug-likeness (QED) is 0.210. The fourth-order valence-corrected chi connectivity index (χ4v) is 5.50. The minimum Gasteiger partial charge on any atom is -0.245 e. The van der Waals surface area contributed by atoms with Crippen LogP contribution in [0.1, 0.15) is 0 Å². The number of aromatic nitrogens is 4. The molecule has 196 valence electrons. The molecule has 8 aromatic rings. The van der Waals surface area contributed by atoms with Gasteiger partial charge in [-0.15, -0.1) is 0 Å². The second kappa shape index (κ2) is 10.0. The van der Waals surface area contributed by atoms with Crippen LogP contribution in [-0.2, 0) is 0 Å². The van der Waals surface area contributed by atoms with E-state index in [4.69, 9.17) is 19.9 Å². The summed E-state index contributed by atoms with van der Waals surface area (Å²) in [6, 6.07) is 49.6. The lowest BCUT2D eigenvalue weighted by Crippen LogP contribution is -1.95. The number of hydrogen-bond donors (Lipinski definition) is 0. The number of para-hydroxylation sites is 2. The Bertz CT molecular complexity index is 2230. The van der Waals surface area contributed by atoms with Crippen molar-refractivity contribution < 1.29 is 0 Å². The molecular formula is C38H24N4. The van der Waals surface area contributed by atoms with Crippen molar-refractivity contribution in [2.45, 2.75) is 0 Å². The third-order valence-electron chi connectivity index (χ3n) is 7.66. The summed E-state index contributed by atoms with van der Waals surface area (Å²) in [5, 5.41) is 2.14. The smallest absolute Gasteiger partial charge is 0.0973 e. The molecule has 5 aromatic carbocycles. The number of benzene rings is 5. The summed E-state index contributed by atoms with van der Waals surface area (Å²) >= 11 is 0. The zero-order valence-electron chi connectivity index (χ0n) is 22.6. The molecule has 0 fully saturated rings. The summed E-state index contributed by atoms with van der Waals surface area (Å²) < 4.78 is 0. The van der Waals surface area contributed by atoms with Gasteiger partial charge in [0.2, 0.25) is 0 Å². The van der Waals surface area contributed by atoms with Crippen LogP contribution in [-0.4, -0.2) is 19.9 Å². The molecule has 0 saturated carbocycles. The third-order valence-corrected chi connectivity index (χ3v) is 7.66. The van der Waals surface area contributed by atoms with E-state index in [1.54, 1.807) is 0 Å². The molecule has 4 heteroatoms. The summed E-state index contributed by atoms with van der Waals surface area (Å²) in [7, 11) is 0. The van der Waals surface area contributed by atoms with E-state index in [-0.39, 0.29) is 0 Å². The van der Waals surface area contributed by atoms with Gasteiger partial charge in [-0.25, -0.2) is 19.9 Å². The zero-order valence-corrected chi connectivity index (χ0v) is 22.6. The molecule has 0 spiro atoms. The van der Waals surface area contributed by atoms with Gasteiger partial charge in [0.25, 0.3) is 0 Å². The van der Waals surface area contributed by atoms with E-state index >= 15 is 0 Å². The standard InChI is InChI=1S/C38H24N4/c1-3-9-25(10-4-1)31-23-21-29-19-20-30-22-24-32(40-37(30)36(29)39-31)26-15-17-28(18-16-26)38-35(27-11-5-2-6-12-27)41-33-13-7-8-14-34(33)42-38/h1-24H. The molecule has 42 heavy (non-hydrogen) atoms. The predicted octanol–water partition coefficient (Wildman–Crippen LogP) is 9.39. The highest BCUT2D eigenvalue weighted by molar-refractivity contribution is 6.04. The van der Waals surface area contributed by atoms with Gasteiger partial charge < -0.3 is 0 Å². The minimum absolute atomic E-state index is 0.863. The average Bonchev–Trinajstić information content (AvgIpc) is 3.08. The molecule has 0 bridgehead atoms. The van der Waals surface area contributed by atoms with E-state index < -0.39 is 0 Å². The Labute approximate surface area is 243 Å². The molecule has 0 aliphatic heterocycles. The Hall–Kier alpha value is -5.74. The molecule has 0 atom stereocenters. The molecule has 8 rings (SSSR count). The first kappa shape index (κ1) is 24.1. The normalized spacial score (nSPS) is 11.3. The molecule has 4 nitrogen and oxygen atoms in total. The van der Waals surface area contributed by atoms with Gasteiger partial charge >= 0.3 is 0 Å². The monoisotopic (exact) mass is 536 g/mol. The Kier molecular flexibility index (Phi) is 5.75. The molecule has 3 aromatic heterocycles. The van der Waals surface area contributed by atoms with Crippen molar-refractivity contribution in [3.8, 4) is 45.0 Å². The zero-order chi connectivity index (χ0) is 27.9. The Morgan fingerprint density at radius 1 is 0.286 bits per heavy atom. The van der Waals surface area contributed by atoms with Crippen LogP contribution in [0.25, 0.3) is 77.9 Å². The van der Waals surface area contributed by atoms with Gasteiger partial charge in [-0.1, -0.05) is 121 Å². The van der Waals surface area contributed by atoms with Crippen LogP contribution in [0.5, 0.6) is 0 Å². The Morgan fingerprint density at radius 3 is 1.19 bits per heavy atom. The average molecular weight is 537 g/mol. The predicted molar refractivity (Wildman–Crippen MR) is 172 cm³/mol.